The van der Waals surface area contributed by atoms with Crippen molar-refractivity contribution in [3.05, 3.63) is 36.0 Å². The molecule has 1 aromatic heterocycles. The Labute approximate surface area is 112 Å². The molecular weight excluding hydrogens is 242 g/mol. The van der Waals surface area contributed by atoms with Gasteiger partial charge in [-0.3, -0.25) is 9.78 Å². The van der Waals surface area contributed by atoms with Crippen molar-refractivity contribution in [1.82, 2.24) is 4.98 Å². The Hall–Kier alpha value is -2.10. The quantitative estimate of drug-likeness (QED) is 0.775. The Morgan fingerprint density at radius 2 is 2.05 bits per heavy atom. The lowest BCUT2D eigenvalue weighted by Gasteiger charge is -2.10. The normalized spacial score (nSPS) is 10.4. The number of carbonyl (C=O) groups excluding carboxylic acids is 1. The van der Waals surface area contributed by atoms with Gasteiger partial charge in [-0.1, -0.05) is 12.1 Å². The lowest BCUT2D eigenvalue weighted by Crippen LogP contribution is -2.08. The van der Waals surface area contributed by atoms with Crippen LogP contribution in [-0.4, -0.2) is 24.2 Å². The average Bonchev–Trinajstić information content (AvgIpc) is 2.42. The summed E-state index contributed by atoms with van der Waals surface area (Å²) >= 11 is 0. The molecule has 4 nitrogen and oxygen atoms in total. The van der Waals surface area contributed by atoms with Gasteiger partial charge in [0, 0.05) is 11.6 Å². The number of rotatable bonds is 5. The first-order valence-electron chi connectivity index (χ1n) is 6.41. The van der Waals surface area contributed by atoms with Gasteiger partial charge in [0.2, 0.25) is 0 Å². The predicted molar refractivity (Wildman–Crippen MR) is 73.2 cm³/mol. The molecule has 2 aromatic rings. The molecule has 1 heterocycles. The second-order valence-corrected chi connectivity index (χ2v) is 4.04. The van der Waals surface area contributed by atoms with Crippen LogP contribution in [0.15, 0.2) is 30.5 Å². The van der Waals surface area contributed by atoms with Crippen LogP contribution in [0.25, 0.3) is 10.9 Å². The van der Waals surface area contributed by atoms with E-state index >= 15 is 0 Å². The molecule has 0 N–H and O–H groups in total. The van der Waals surface area contributed by atoms with Gasteiger partial charge in [0.1, 0.15) is 11.3 Å². The number of hydrogen-bond acceptors (Lipinski definition) is 4. The van der Waals surface area contributed by atoms with E-state index in [1.165, 1.54) is 0 Å². The Kier molecular flexibility index (Phi) is 4.34. The summed E-state index contributed by atoms with van der Waals surface area (Å²) in [5.41, 5.74) is 1.69. The smallest absolute Gasteiger partial charge is 0.310 e. The van der Waals surface area contributed by atoms with E-state index in [-0.39, 0.29) is 12.4 Å². The zero-order valence-electron chi connectivity index (χ0n) is 11.2. The van der Waals surface area contributed by atoms with Crippen molar-refractivity contribution in [2.75, 3.05) is 13.2 Å². The molecule has 0 aliphatic carbocycles. The van der Waals surface area contributed by atoms with Crippen molar-refractivity contribution in [2.45, 2.75) is 20.3 Å². The monoisotopic (exact) mass is 259 g/mol. The third kappa shape index (κ3) is 3.02. The molecular formula is C15H17NO3. The summed E-state index contributed by atoms with van der Waals surface area (Å²) in [7, 11) is 0. The average molecular weight is 259 g/mol. The maximum Gasteiger partial charge on any atom is 0.310 e. The fraction of sp³-hybridized carbons (Fsp3) is 0.333. The maximum absolute atomic E-state index is 11.6. The highest BCUT2D eigenvalue weighted by molar-refractivity contribution is 5.90. The number of pyridine rings is 1. The van der Waals surface area contributed by atoms with Gasteiger partial charge in [-0.25, -0.2) is 0 Å². The van der Waals surface area contributed by atoms with Crippen LogP contribution in [0.4, 0.5) is 0 Å². The number of esters is 1. The van der Waals surface area contributed by atoms with Crippen LogP contribution in [0.3, 0.4) is 0 Å². The summed E-state index contributed by atoms with van der Waals surface area (Å²) in [4.78, 5) is 15.9. The largest absolute Gasteiger partial charge is 0.492 e. The highest BCUT2D eigenvalue weighted by atomic mass is 16.5. The van der Waals surface area contributed by atoms with E-state index < -0.39 is 0 Å². The van der Waals surface area contributed by atoms with Crippen molar-refractivity contribution < 1.29 is 14.3 Å². The van der Waals surface area contributed by atoms with Crippen molar-refractivity contribution >= 4 is 16.9 Å². The summed E-state index contributed by atoms with van der Waals surface area (Å²) in [5, 5.41) is 0.932. The van der Waals surface area contributed by atoms with Gasteiger partial charge < -0.3 is 9.47 Å². The van der Waals surface area contributed by atoms with Gasteiger partial charge in [0.25, 0.3) is 0 Å². The Morgan fingerprint density at radius 3 is 2.79 bits per heavy atom. The highest BCUT2D eigenvalue weighted by Gasteiger charge is 2.11. The van der Waals surface area contributed by atoms with Gasteiger partial charge >= 0.3 is 5.97 Å². The summed E-state index contributed by atoms with van der Waals surface area (Å²) in [6.07, 6.45) is 1.97. The molecule has 19 heavy (non-hydrogen) atoms. The van der Waals surface area contributed by atoms with E-state index in [1.54, 1.807) is 13.1 Å². The highest BCUT2D eigenvalue weighted by Crippen LogP contribution is 2.27. The molecule has 0 fully saturated rings. The molecule has 0 unspecified atom stereocenters. The number of aromatic nitrogens is 1. The first-order valence-corrected chi connectivity index (χ1v) is 6.41. The van der Waals surface area contributed by atoms with Crippen LogP contribution in [0.1, 0.15) is 19.4 Å². The van der Waals surface area contributed by atoms with E-state index in [0.29, 0.717) is 13.2 Å². The van der Waals surface area contributed by atoms with E-state index in [0.717, 1.165) is 22.2 Å². The van der Waals surface area contributed by atoms with Crippen LogP contribution < -0.4 is 4.74 Å². The van der Waals surface area contributed by atoms with Crippen molar-refractivity contribution in [3.63, 3.8) is 0 Å². The second-order valence-electron chi connectivity index (χ2n) is 4.04. The number of ether oxygens (including phenoxy) is 2. The second kappa shape index (κ2) is 6.18. The molecule has 0 saturated carbocycles. The zero-order chi connectivity index (χ0) is 13.7. The SMILES string of the molecule is CCOC(=O)Cc1ccc(OCC)c2ncccc12. The summed E-state index contributed by atoms with van der Waals surface area (Å²) in [6, 6.07) is 7.55. The topological polar surface area (TPSA) is 48.4 Å². The summed E-state index contributed by atoms with van der Waals surface area (Å²) < 4.78 is 10.5. The Balaban J connectivity index is 2.40. The molecule has 0 aliphatic heterocycles. The first kappa shape index (κ1) is 13.3. The van der Waals surface area contributed by atoms with Crippen molar-refractivity contribution in [1.29, 1.82) is 0 Å². The maximum atomic E-state index is 11.6. The zero-order valence-corrected chi connectivity index (χ0v) is 11.2. The van der Waals surface area contributed by atoms with E-state index in [9.17, 15) is 4.79 Å². The van der Waals surface area contributed by atoms with Crippen LogP contribution in [0.2, 0.25) is 0 Å². The molecule has 0 radical (unpaired) electrons. The third-order valence-corrected chi connectivity index (χ3v) is 2.76. The molecule has 0 bridgehead atoms. The minimum Gasteiger partial charge on any atom is -0.492 e. The van der Waals surface area contributed by atoms with Gasteiger partial charge in [-0.15, -0.1) is 0 Å². The fourth-order valence-electron chi connectivity index (χ4n) is 2.00. The molecule has 0 amide bonds. The molecule has 2 rings (SSSR count). The molecule has 0 atom stereocenters. The Bertz CT molecular complexity index is 581. The third-order valence-electron chi connectivity index (χ3n) is 2.76. The van der Waals surface area contributed by atoms with Gasteiger partial charge in [-0.2, -0.15) is 0 Å². The standard InChI is InChI=1S/C15H17NO3/c1-3-18-13-8-7-11(10-14(17)19-4-2)12-6-5-9-16-15(12)13/h5-9H,3-4,10H2,1-2H3. The number of nitrogens with zero attached hydrogens (tertiary/aromatic N) is 1. The van der Waals surface area contributed by atoms with Crippen molar-refractivity contribution in [3.8, 4) is 5.75 Å². The van der Waals surface area contributed by atoms with E-state index in [1.807, 2.05) is 31.2 Å². The number of benzene rings is 1. The van der Waals surface area contributed by atoms with E-state index in [4.69, 9.17) is 9.47 Å². The van der Waals surface area contributed by atoms with E-state index in [2.05, 4.69) is 4.98 Å². The molecule has 4 heteroatoms. The van der Waals surface area contributed by atoms with Gasteiger partial charge in [-0.05, 0) is 31.5 Å². The molecule has 1 aromatic carbocycles. The molecule has 0 saturated heterocycles. The minimum absolute atomic E-state index is 0.225. The molecule has 0 spiro atoms. The van der Waals surface area contributed by atoms with Crippen LogP contribution in [0, 0.1) is 0 Å². The fourth-order valence-corrected chi connectivity index (χ4v) is 2.00. The molecule has 0 aliphatic rings. The minimum atomic E-state index is -0.225. The van der Waals surface area contributed by atoms with Crippen LogP contribution in [0.5, 0.6) is 5.75 Å². The van der Waals surface area contributed by atoms with Gasteiger partial charge in [0.15, 0.2) is 0 Å². The number of fused-ring (bicyclic) bond motifs is 1. The first-order chi connectivity index (χ1) is 9.26. The van der Waals surface area contributed by atoms with Crippen LogP contribution >= 0.6 is 0 Å². The number of hydrogen-bond donors (Lipinski definition) is 0. The summed E-state index contributed by atoms with van der Waals surface area (Å²) in [6.45, 7) is 4.71. The van der Waals surface area contributed by atoms with Gasteiger partial charge in [0.05, 0.1) is 19.6 Å². The predicted octanol–water partition coefficient (Wildman–Crippen LogP) is 2.74. The lowest BCUT2D eigenvalue weighted by atomic mass is 10.0. The lowest BCUT2D eigenvalue weighted by molar-refractivity contribution is -0.142. The van der Waals surface area contributed by atoms with Crippen LogP contribution in [-0.2, 0) is 16.0 Å². The number of carbonyl (C=O) groups is 1. The molecule has 100 valence electrons. The summed E-state index contributed by atoms with van der Waals surface area (Å²) in [5.74, 6) is 0.516. The van der Waals surface area contributed by atoms with Crippen molar-refractivity contribution in [2.24, 2.45) is 0 Å². The Morgan fingerprint density at radius 1 is 1.21 bits per heavy atom.